The van der Waals surface area contributed by atoms with Crippen LogP contribution in [0.25, 0.3) is 0 Å². The summed E-state index contributed by atoms with van der Waals surface area (Å²) in [4.78, 5) is 0. The molecule has 2 aromatic rings. The fourth-order valence-electron chi connectivity index (χ4n) is 1.47. The van der Waals surface area contributed by atoms with Crippen molar-refractivity contribution in [2.75, 3.05) is 0 Å². The van der Waals surface area contributed by atoms with Gasteiger partial charge in [0.1, 0.15) is 5.82 Å². The summed E-state index contributed by atoms with van der Waals surface area (Å²) in [6.07, 6.45) is 0.0780. The maximum Gasteiger partial charge on any atom is 0.161 e. The Balaban J connectivity index is 2.36. The second-order valence-electron chi connectivity index (χ2n) is 3.65. The maximum absolute atomic E-state index is 13.4. The van der Waals surface area contributed by atoms with E-state index in [1.807, 2.05) is 0 Å². The van der Waals surface area contributed by atoms with Crippen LogP contribution in [0.15, 0.2) is 12.1 Å². The Labute approximate surface area is 100 Å². The summed E-state index contributed by atoms with van der Waals surface area (Å²) in [5.74, 6) is -3.08. The predicted octanol–water partition coefficient (Wildman–Crippen LogP) is 3.38. The zero-order chi connectivity index (χ0) is 12.6. The number of hydrogen-bond acceptors (Lipinski definition) is 1. The van der Waals surface area contributed by atoms with Gasteiger partial charge < -0.3 is 0 Å². The Kier molecular flexibility index (Phi) is 3.11. The van der Waals surface area contributed by atoms with Gasteiger partial charge in [-0.25, -0.2) is 13.2 Å². The first-order valence-electron chi connectivity index (χ1n) is 4.81. The van der Waals surface area contributed by atoms with Crippen LogP contribution in [0.3, 0.4) is 0 Å². The molecule has 0 atom stereocenters. The van der Waals surface area contributed by atoms with Crippen LogP contribution in [-0.2, 0) is 6.42 Å². The van der Waals surface area contributed by atoms with Crippen molar-refractivity contribution < 1.29 is 13.2 Å². The van der Waals surface area contributed by atoms with Gasteiger partial charge in [0, 0.05) is 23.7 Å². The van der Waals surface area contributed by atoms with E-state index in [1.165, 1.54) is 0 Å². The minimum Gasteiger partial charge on any atom is -0.280 e. The van der Waals surface area contributed by atoms with Gasteiger partial charge in [-0.1, -0.05) is 11.6 Å². The van der Waals surface area contributed by atoms with E-state index in [0.717, 1.165) is 6.07 Å². The highest BCUT2D eigenvalue weighted by molar-refractivity contribution is 6.30. The monoisotopic (exact) mass is 260 g/mol. The molecule has 0 saturated carbocycles. The molecule has 2 rings (SSSR count). The first-order valence-corrected chi connectivity index (χ1v) is 5.19. The van der Waals surface area contributed by atoms with E-state index < -0.39 is 17.5 Å². The molecular formula is C11H8ClF3N2. The van der Waals surface area contributed by atoms with Crippen LogP contribution >= 0.6 is 11.6 Å². The minimum atomic E-state index is -1.20. The fraction of sp³-hybridized carbons (Fsp3) is 0.182. The van der Waals surface area contributed by atoms with E-state index in [-0.39, 0.29) is 17.1 Å². The number of nitrogens with one attached hydrogen (secondary N) is 1. The third kappa shape index (κ3) is 2.29. The molecule has 0 aliphatic heterocycles. The van der Waals surface area contributed by atoms with Crippen molar-refractivity contribution in [3.05, 3.63) is 51.6 Å². The van der Waals surface area contributed by atoms with Crippen molar-refractivity contribution in [3.63, 3.8) is 0 Å². The highest BCUT2D eigenvalue weighted by Crippen LogP contribution is 2.21. The molecule has 0 radical (unpaired) electrons. The molecule has 2 nitrogen and oxygen atoms in total. The average Bonchev–Trinajstić information content (AvgIpc) is 2.58. The SMILES string of the molecule is Cc1c(Cl)n[nH]c1Cc1cc(F)c(F)cc1F. The van der Waals surface area contributed by atoms with Gasteiger partial charge >= 0.3 is 0 Å². The summed E-state index contributed by atoms with van der Waals surface area (Å²) in [6, 6.07) is 1.36. The van der Waals surface area contributed by atoms with Crippen molar-refractivity contribution in [1.82, 2.24) is 10.2 Å². The minimum absolute atomic E-state index is 0.0484. The van der Waals surface area contributed by atoms with Crippen LogP contribution in [-0.4, -0.2) is 10.2 Å². The molecule has 0 fully saturated rings. The van der Waals surface area contributed by atoms with Crippen molar-refractivity contribution in [1.29, 1.82) is 0 Å². The molecule has 90 valence electrons. The van der Waals surface area contributed by atoms with Gasteiger partial charge in [-0.2, -0.15) is 5.10 Å². The number of aromatic amines is 1. The molecule has 0 bridgehead atoms. The maximum atomic E-state index is 13.4. The smallest absolute Gasteiger partial charge is 0.161 e. The molecule has 1 N–H and O–H groups in total. The van der Waals surface area contributed by atoms with Crippen molar-refractivity contribution >= 4 is 11.6 Å². The lowest BCUT2D eigenvalue weighted by molar-refractivity contribution is 0.491. The first kappa shape index (κ1) is 12.0. The summed E-state index contributed by atoms with van der Waals surface area (Å²) in [6.45, 7) is 1.71. The predicted molar refractivity (Wildman–Crippen MR) is 57.5 cm³/mol. The van der Waals surface area contributed by atoms with Crippen LogP contribution in [0, 0.1) is 24.4 Å². The van der Waals surface area contributed by atoms with Crippen LogP contribution in [0.2, 0.25) is 5.15 Å². The van der Waals surface area contributed by atoms with Gasteiger partial charge in [-0.3, -0.25) is 5.10 Å². The molecule has 0 saturated heterocycles. The van der Waals surface area contributed by atoms with Gasteiger partial charge in [-0.15, -0.1) is 0 Å². The van der Waals surface area contributed by atoms with Crippen LogP contribution in [0.1, 0.15) is 16.8 Å². The molecular weight excluding hydrogens is 253 g/mol. The Morgan fingerprint density at radius 1 is 1.18 bits per heavy atom. The van der Waals surface area contributed by atoms with Crippen molar-refractivity contribution in [2.24, 2.45) is 0 Å². The zero-order valence-electron chi connectivity index (χ0n) is 8.82. The number of nitrogens with zero attached hydrogens (tertiary/aromatic N) is 1. The molecule has 0 spiro atoms. The normalized spacial score (nSPS) is 10.9. The Morgan fingerprint density at radius 3 is 2.41 bits per heavy atom. The van der Waals surface area contributed by atoms with E-state index >= 15 is 0 Å². The van der Waals surface area contributed by atoms with Gasteiger partial charge in [0.05, 0.1) is 0 Å². The van der Waals surface area contributed by atoms with Gasteiger partial charge in [0.15, 0.2) is 16.8 Å². The van der Waals surface area contributed by atoms with Gasteiger partial charge in [-0.05, 0) is 18.6 Å². The molecule has 6 heteroatoms. The number of halogens is 4. The van der Waals surface area contributed by atoms with Crippen LogP contribution < -0.4 is 0 Å². The van der Waals surface area contributed by atoms with E-state index in [1.54, 1.807) is 6.92 Å². The second-order valence-corrected chi connectivity index (χ2v) is 4.01. The van der Waals surface area contributed by atoms with Crippen LogP contribution in [0.4, 0.5) is 13.2 Å². The highest BCUT2D eigenvalue weighted by Gasteiger charge is 2.13. The summed E-state index contributed by atoms with van der Waals surface area (Å²) >= 11 is 5.72. The Morgan fingerprint density at radius 2 is 1.82 bits per heavy atom. The van der Waals surface area contributed by atoms with Crippen molar-refractivity contribution in [2.45, 2.75) is 13.3 Å². The molecule has 1 aromatic heterocycles. The molecule has 0 aliphatic carbocycles. The third-order valence-corrected chi connectivity index (χ3v) is 2.88. The number of H-pyrrole nitrogens is 1. The van der Waals surface area contributed by atoms with E-state index in [0.29, 0.717) is 17.3 Å². The average molecular weight is 261 g/mol. The quantitative estimate of drug-likeness (QED) is 0.824. The lowest BCUT2D eigenvalue weighted by atomic mass is 10.1. The topological polar surface area (TPSA) is 28.7 Å². The molecule has 0 aliphatic rings. The van der Waals surface area contributed by atoms with E-state index in [2.05, 4.69) is 10.2 Å². The van der Waals surface area contributed by atoms with Crippen LogP contribution in [0.5, 0.6) is 0 Å². The molecule has 1 aromatic carbocycles. The third-order valence-electron chi connectivity index (χ3n) is 2.51. The van der Waals surface area contributed by atoms with E-state index in [4.69, 9.17) is 11.6 Å². The summed E-state index contributed by atoms with van der Waals surface area (Å²) in [5.41, 5.74) is 1.28. The first-order chi connectivity index (χ1) is 7.99. The molecule has 0 amide bonds. The molecule has 17 heavy (non-hydrogen) atoms. The fourth-order valence-corrected chi connectivity index (χ4v) is 1.63. The lowest BCUT2D eigenvalue weighted by Gasteiger charge is -2.03. The standard InChI is InChI=1S/C11H8ClF3N2/c1-5-10(16-17-11(5)12)3-6-2-8(14)9(15)4-7(6)13/h2,4H,3H2,1H3,(H,16,17). The van der Waals surface area contributed by atoms with Gasteiger partial charge in [0.2, 0.25) is 0 Å². The largest absolute Gasteiger partial charge is 0.280 e. The van der Waals surface area contributed by atoms with E-state index in [9.17, 15) is 13.2 Å². The summed E-state index contributed by atoms with van der Waals surface area (Å²) in [7, 11) is 0. The molecule has 1 heterocycles. The van der Waals surface area contributed by atoms with Gasteiger partial charge in [0.25, 0.3) is 0 Å². The number of aromatic nitrogens is 2. The number of benzene rings is 1. The lowest BCUT2D eigenvalue weighted by Crippen LogP contribution is -1.98. The molecule has 0 unspecified atom stereocenters. The Bertz CT molecular complexity index is 566. The summed E-state index contributed by atoms with van der Waals surface area (Å²) < 4.78 is 39.1. The van der Waals surface area contributed by atoms with Crippen molar-refractivity contribution in [3.8, 4) is 0 Å². The number of hydrogen-bond donors (Lipinski definition) is 1. The summed E-state index contributed by atoms with van der Waals surface area (Å²) in [5, 5.41) is 6.63. The highest BCUT2D eigenvalue weighted by atomic mass is 35.5. The second kappa shape index (κ2) is 4.41. The number of rotatable bonds is 2. The Hall–Kier alpha value is -1.49. The zero-order valence-corrected chi connectivity index (χ0v) is 9.58.